The summed E-state index contributed by atoms with van der Waals surface area (Å²) in [6.45, 7) is 4.08. The van der Waals surface area contributed by atoms with E-state index in [1.54, 1.807) is 19.4 Å². The van der Waals surface area contributed by atoms with Crippen LogP contribution in [0.5, 0.6) is 11.5 Å². The molecule has 0 saturated heterocycles. The second-order valence-corrected chi connectivity index (χ2v) is 7.38. The molecule has 0 spiro atoms. The Morgan fingerprint density at radius 2 is 2.11 bits per heavy atom. The fraction of sp³-hybridized carbons (Fsp3) is 0.238. The Morgan fingerprint density at radius 3 is 2.82 bits per heavy atom. The number of benzene rings is 2. The minimum absolute atomic E-state index is 0.0880. The number of carbonyl (C=O) groups is 1. The molecule has 28 heavy (non-hydrogen) atoms. The van der Waals surface area contributed by atoms with Crippen molar-refractivity contribution in [3.05, 3.63) is 57.4 Å². The summed E-state index contributed by atoms with van der Waals surface area (Å²) < 4.78 is 17.8. The second kappa shape index (κ2) is 9.09. The third kappa shape index (κ3) is 4.64. The molecule has 1 aromatic heterocycles. The Kier molecular flexibility index (Phi) is 6.56. The molecule has 1 amide bonds. The van der Waals surface area contributed by atoms with Gasteiger partial charge in [0.05, 0.1) is 23.0 Å². The second-order valence-electron chi connectivity index (χ2n) is 6.22. The zero-order valence-corrected chi connectivity index (χ0v) is 18.0. The lowest BCUT2D eigenvalue weighted by atomic mass is 10.2. The fourth-order valence-corrected chi connectivity index (χ4v) is 3.28. The number of hydrogen-bond acceptors (Lipinski definition) is 5. The summed E-state index contributed by atoms with van der Waals surface area (Å²) in [6, 6.07) is 12.9. The van der Waals surface area contributed by atoms with Crippen molar-refractivity contribution in [3.63, 3.8) is 0 Å². The van der Waals surface area contributed by atoms with Gasteiger partial charge in [-0.1, -0.05) is 25.1 Å². The molecule has 3 rings (SSSR count). The van der Waals surface area contributed by atoms with E-state index in [4.69, 9.17) is 13.9 Å². The first-order valence-electron chi connectivity index (χ1n) is 8.88. The van der Waals surface area contributed by atoms with E-state index in [-0.39, 0.29) is 11.9 Å². The van der Waals surface area contributed by atoms with Crippen molar-refractivity contribution < 1.29 is 18.7 Å². The fourth-order valence-electron chi connectivity index (χ4n) is 2.53. The van der Waals surface area contributed by atoms with E-state index in [0.29, 0.717) is 17.1 Å². The van der Waals surface area contributed by atoms with Crippen LogP contribution >= 0.6 is 22.6 Å². The number of furan rings is 1. The van der Waals surface area contributed by atoms with Gasteiger partial charge in [-0.2, -0.15) is 5.10 Å². The van der Waals surface area contributed by atoms with Crippen molar-refractivity contribution in [1.29, 1.82) is 0 Å². The first-order valence-corrected chi connectivity index (χ1v) is 9.95. The molecule has 2 aromatic carbocycles. The van der Waals surface area contributed by atoms with Crippen LogP contribution in [0.3, 0.4) is 0 Å². The van der Waals surface area contributed by atoms with Gasteiger partial charge in [-0.05, 0) is 65.8 Å². The molecule has 6 nitrogen and oxygen atoms in total. The molecule has 3 aromatic rings. The van der Waals surface area contributed by atoms with E-state index in [0.717, 1.165) is 20.9 Å². The van der Waals surface area contributed by atoms with Crippen molar-refractivity contribution >= 4 is 45.7 Å². The van der Waals surface area contributed by atoms with Crippen LogP contribution in [-0.4, -0.2) is 25.3 Å². The van der Waals surface area contributed by atoms with Gasteiger partial charge in [0.15, 0.2) is 17.3 Å². The molecule has 0 fully saturated rings. The van der Waals surface area contributed by atoms with Gasteiger partial charge >= 0.3 is 5.91 Å². The first-order chi connectivity index (χ1) is 13.5. The molecule has 0 unspecified atom stereocenters. The maximum Gasteiger partial charge on any atom is 0.307 e. The first kappa shape index (κ1) is 20.2. The summed E-state index contributed by atoms with van der Waals surface area (Å²) >= 11 is 2.20. The van der Waals surface area contributed by atoms with Gasteiger partial charge < -0.3 is 13.9 Å². The van der Waals surface area contributed by atoms with Gasteiger partial charge in [-0.25, -0.2) is 5.43 Å². The van der Waals surface area contributed by atoms with Gasteiger partial charge in [0.1, 0.15) is 5.58 Å². The summed E-state index contributed by atoms with van der Waals surface area (Å²) in [6.07, 6.45) is 2.54. The lowest BCUT2D eigenvalue weighted by molar-refractivity contribution is 0.0929. The van der Waals surface area contributed by atoms with Crippen molar-refractivity contribution in [2.24, 2.45) is 5.10 Å². The number of para-hydroxylation sites is 1. The maximum atomic E-state index is 12.2. The highest BCUT2D eigenvalue weighted by Gasteiger charge is 2.14. The summed E-state index contributed by atoms with van der Waals surface area (Å²) in [5, 5.41) is 4.90. The number of fused-ring (bicyclic) bond motifs is 1. The number of ether oxygens (including phenoxy) is 2. The Bertz CT molecular complexity index is 980. The van der Waals surface area contributed by atoms with Gasteiger partial charge in [-0.3, -0.25) is 4.79 Å². The van der Waals surface area contributed by atoms with Crippen LogP contribution in [0.1, 0.15) is 36.4 Å². The number of hydrogen-bond donors (Lipinski definition) is 1. The Hall–Kier alpha value is -2.55. The highest BCUT2D eigenvalue weighted by atomic mass is 127. The van der Waals surface area contributed by atoms with Crippen molar-refractivity contribution in [1.82, 2.24) is 5.43 Å². The number of halogens is 1. The smallest absolute Gasteiger partial charge is 0.307 e. The lowest BCUT2D eigenvalue weighted by Gasteiger charge is -2.17. The largest absolute Gasteiger partial charge is 0.493 e. The van der Waals surface area contributed by atoms with Crippen molar-refractivity contribution in [3.8, 4) is 11.5 Å². The third-order valence-corrected chi connectivity index (χ3v) is 4.98. The molecule has 1 N–H and O–H groups in total. The SMILES string of the molecule is CC[C@@H](C)Oc1c(I)cc(/C=N/NC(=O)c2cc3ccccc3o2)cc1OC. The zero-order valence-electron chi connectivity index (χ0n) is 15.9. The molecule has 0 saturated carbocycles. The van der Waals surface area contributed by atoms with E-state index >= 15 is 0 Å². The number of nitrogens with one attached hydrogen (secondary N) is 1. The Morgan fingerprint density at radius 1 is 1.32 bits per heavy atom. The van der Waals surface area contributed by atoms with Crippen molar-refractivity contribution in [2.45, 2.75) is 26.4 Å². The van der Waals surface area contributed by atoms with Crippen LogP contribution in [0.15, 0.2) is 52.0 Å². The highest BCUT2D eigenvalue weighted by molar-refractivity contribution is 14.1. The minimum Gasteiger partial charge on any atom is -0.493 e. The highest BCUT2D eigenvalue weighted by Crippen LogP contribution is 2.34. The monoisotopic (exact) mass is 492 g/mol. The predicted octanol–water partition coefficient (Wildman–Crippen LogP) is 4.99. The lowest BCUT2D eigenvalue weighted by Crippen LogP contribution is -2.16. The van der Waals surface area contributed by atoms with Gasteiger partial charge in [-0.15, -0.1) is 0 Å². The van der Waals surface area contributed by atoms with Gasteiger partial charge in [0, 0.05) is 5.39 Å². The molecule has 0 aliphatic carbocycles. The topological polar surface area (TPSA) is 73.1 Å². The van der Waals surface area contributed by atoms with Crippen LogP contribution < -0.4 is 14.9 Å². The van der Waals surface area contributed by atoms with E-state index in [1.165, 1.54) is 0 Å². The van der Waals surface area contributed by atoms with E-state index in [9.17, 15) is 4.79 Å². The molecule has 146 valence electrons. The predicted molar refractivity (Wildman–Crippen MR) is 117 cm³/mol. The minimum atomic E-state index is -0.411. The van der Waals surface area contributed by atoms with Crippen molar-refractivity contribution in [2.75, 3.05) is 7.11 Å². The number of rotatable bonds is 7. The number of methoxy groups -OCH3 is 1. The quantitative estimate of drug-likeness (QED) is 0.287. The van der Waals surface area contributed by atoms with Crippen LogP contribution in [-0.2, 0) is 0 Å². The summed E-state index contributed by atoms with van der Waals surface area (Å²) in [7, 11) is 1.60. The van der Waals surface area contributed by atoms with Crippen LogP contribution in [0, 0.1) is 3.57 Å². The number of hydrazone groups is 1. The third-order valence-electron chi connectivity index (χ3n) is 4.17. The molecule has 0 bridgehead atoms. The molecular weight excluding hydrogens is 471 g/mol. The van der Waals surface area contributed by atoms with Crippen LogP contribution in [0.25, 0.3) is 11.0 Å². The molecule has 7 heteroatoms. The summed E-state index contributed by atoms with van der Waals surface area (Å²) in [4.78, 5) is 12.2. The standard InChI is InChI=1S/C21H21IN2O4/c1-4-13(2)27-20-16(22)9-14(10-18(20)26-3)12-23-24-21(25)19-11-15-7-5-6-8-17(15)28-19/h5-13H,4H2,1-3H3,(H,24,25)/b23-12+/t13-/m1/s1. The van der Waals surface area contributed by atoms with E-state index in [1.807, 2.05) is 43.3 Å². The number of amides is 1. The van der Waals surface area contributed by atoms with E-state index in [2.05, 4.69) is 40.0 Å². The maximum absolute atomic E-state index is 12.2. The Balaban J connectivity index is 1.72. The van der Waals surface area contributed by atoms with Crippen LogP contribution in [0.2, 0.25) is 0 Å². The zero-order chi connectivity index (χ0) is 20.1. The average molecular weight is 492 g/mol. The normalized spacial score (nSPS) is 12.3. The van der Waals surface area contributed by atoms with Crippen LogP contribution in [0.4, 0.5) is 0 Å². The number of nitrogens with zero attached hydrogens (tertiary/aromatic N) is 1. The average Bonchev–Trinajstić information content (AvgIpc) is 3.13. The molecule has 0 radical (unpaired) electrons. The molecule has 0 aliphatic rings. The molecular formula is C21H21IN2O4. The summed E-state index contributed by atoms with van der Waals surface area (Å²) in [5.74, 6) is 1.13. The molecule has 1 atom stereocenters. The Labute approximate surface area is 177 Å². The van der Waals surface area contributed by atoms with Gasteiger partial charge in [0.2, 0.25) is 0 Å². The molecule has 0 aliphatic heterocycles. The van der Waals surface area contributed by atoms with E-state index < -0.39 is 5.91 Å². The summed E-state index contributed by atoms with van der Waals surface area (Å²) in [5.41, 5.74) is 3.92. The van der Waals surface area contributed by atoms with Gasteiger partial charge in [0.25, 0.3) is 0 Å². The number of carbonyl (C=O) groups excluding carboxylic acids is 1. The molecule has 1 heterocycles.